The average Bonchev–Trinajstić information content (AvgIpc) is 3.35. The third-order valence-corrected chi connectivity index (χ3v) is 5.81. The number of nitrogens with zero attached hydrogens (tertiary/aromatic N) is 5. The maximum absolute atomic E-state index is 13.5. The van der Waals surface area contributed by atoms with Gasteiger partial charge in [0, 0.05) is 30.2 Å². The molecule has 0 radical (unpaired) electrons. The highest BCUT2D eigenvalue weighted by atomic mass is 32.1. The van der Waals surface area contributed by atoms with Gasteiger partial charge < -0.3 is 4.74 Å². The van der Waals surface area contributed by atoms with Crippen molar-refractivity contribution in [3.8, 4) is 5.75 Å². The Bertz CT molecular complexity index is 1180. The number of rotatable bonds is 6. The summed E-state index contributed by atoms with van der Waals surface area (Å²) in [5.74, 6) is 0.545. The SMILES string of the molecule is COc1ccc2sc(N(Cc3cccnc3)C(=O)c3cc(C)n(C(C)C)n3)nc2c1. The van der Waals surface area contributed by atoms with Gasteiger partial charge in [-0.15, -0.1) is 0 Å². The maximum atomic E-state index is 13.5. The monoisotopic (exact) mass is 421 g/mol. The number of pyridine rings is 1. The van der Waals surface area contributed by atoms with Crippen LogP contribution >= 0.6 is 11.3 Å². The summed E-state index contributed by atoms with van der Waals surface area (Å²) in [5, 5.41) is 5.16. The van der Waals surface area contributed by atoms with Crippen molar-refractivity contribution in [2.24, 2.45) is 0 Å². The van der Waals surface area contributed by atoms with E-state index in [2.05, 4.69) is 10.1 Å². The minimum absolute atomic E-state index is 0.174. The first-order valence-corrected chi connectivity index (χ1v) is 10.5. The fourth-order valence-corrected chi connectivity index (χ4v) is 4.23. The molecule has 3 heterocycles. The second kappa shape index (κ2) is 8.23. The lowest BCUT2D eigenvalue weighted by molar-refractivity contribution is 0.0979. The van der Waals surface area contributed by atoms with Gasteiger partial charge in [0.15, 0.2) is 10.8 Å². The van der Waals surface area contributed by atoms with Gasteiger partial charge in [-0.1, -0.05) is 17.4 Å². The number of aryl methyl sites for hydroxylation is 1. The van der Waals surface area contributed by atoms with Crippen LogP contribution in [0.15, 0.2) is 48.8 Å². The summed E-state index contributed by atoms with van der Waals surface area (Å²) in [5.41, 5.74) is 3.07. The van der Waals surface area contributed by atoms with Crippen molar-refractivity contribution in [3.05, 3.63) is 65.7 Å². The predicted octanol–water partition coefficient (Wildman–Crippen LogP) is 4.63. The fraction of sp³-hybridized carbons (Fsp3) is 0.273. The standard InChI is InChI=1S/C22H23N5O2S/c1-14(2)27-15(3)10-19(25-27)21(28)26(13-16-6-5-9-23-12-16)22-24-18-11-17(29-4)7-8-20(18)30-22/h5-12,14H,13H2,1-4H3. The van der Waals surface area contributed by atoms with Gasteiger partial charge in [0.1, 0.15) is 5.75 Å². The lowest BCUT2D eigenvalue weighted by atomic mass is 10.2. The summed E-state index contributed by atoms with van der Waals surface area (Å²) < 4.78 is 8.15. The number of methoxy groups -OCH3 is 1. The van der Waals surface area contributed by atoms with Gasteiger partial charge in [0.25, 0.3) is 5.91 Å². The molecule has 8 heteroatoms. The summed E-state index contributed by atoms with van der Waals surface area (Å²) in [6.45, 7) is 6.40. The van der Waals surface area contributed by atoms with Gasteiger partial charge in [-0.25, -0.2) is 4.98 Å². The first kappa shape index (κ1) is 20.0. The van der Waals surface area contributed by atoms with Crippen LogP contribution in [0.5, 0.6) is 5.75 Å². The molecule has 1 amide bonds. The van der Waals surface area contributed by atoms with Crippen molar-refractivity contribution in [3.63, 3.8) is 0 Å². The Morgan fingerprint density at radius 3 is 2.77 bits per heavy atom. The Kier molecular flexibility index (Phi) is 5.50. The molecule has 7 nitrogen and oxygen atoms in total. The van der Waals surface area contributed by atoms with Gasteiger partial charge >= 0.3 is 0 Å². The van der Waals surface area contributed by atoms with E-state index >= 15 is 0 Å². The number of benzene rings is 1. The summed E-state index contributed by atoms with van der Waals surface area (Å²) >= 11 is 1.47. The van der Waals surface area contributed by atoms with E-state index in [0.717, 1.165) is 27.2 Å². The Labute approximate surface area is 179 Å². The van der Waals surface area contributed by atoms with E-state index in [9.17, 15) is 4.79 Å². The summed E-state index contributed by atoms with van der Waals surface area (Å²) in [6.07, 6.45) is 3.47. The number of carbonyl (C=O) groups is 1. The molecule has 4 rings (SSSR count). The molecule has 0 saturated heterocycles. The van der Waals surface area contributed by atoms with E-state index in [1.54, 1.807) is 24.4 Å². The number of hydrogen-bond acceptors (Lipinski definition) is 6. The summed E-state index contributed by atoms with van der Waals surface area (Å²) in [6, 6.07) is 11.5. The van der Waals surface area contributed by atoms with E-state index in [1.165, 1.54) is 11.3 Å². The zero-order valence-corrected chi connectivity index (χ0v) is 18.2. The van der Waals surface area contributed by atoms with Gasteiger partial charge in [-0.2, -0.15) is 5.10 Å². The zero-order chi connectivity index (χ0) is 21.3. The lowest BCUT2D eigenvalue weighted by Crippen LogP contribution is -2.31. The first-order chi connectivity index (χ1) is 14.5. The number of ether oxygens (including phenoxy) is 1. The van der Waals surface area contributed by atoms with Crippen molar-refractivity contribution in [2.75, 3.05) is 12.0 Å². The molecule has 0 aliphatic carbocycles. The van der Waals surface area contributed by atoms with Crippen LogP contribution in [0.25, 0.3) is 10.2 Å². The molecule has 0 aliphatic heterocycles. The van der Waals surface area contributed by atoms with Gasteiger partial charge in [0.2, 0.25) is 0 Å². The van der Waals surface area contributed by atoms with Crippen LogP contribution < -0.4 is 9.64 Å². The number of carbonyl (C=O) groups excluding carboxylic acids is 1. The molecule has 3 aromatic heterocycles. The van der Waals surface area contributed by atoms with Gasteiger partial charge in [-0.05, 0) is 50.6 Å². The van der Waals surface area contributed by atoms with Crippen LogP contribution in [0.4, 0.5) is 5.13 Å². The van der Waals surface area contributed by atoms with Crippen molar-refractivity contribution in [1.29, 1.82) is 0 Å². The molecule has 0 unspecified atom stereocenters. The quantitative estimate of drug-likeness (QED) is 0.454. The van der Waals surface area contributed by atoms with Crippen LogP contribution in [-0.4, -0.2) is 32.8 Å². The predicted molar refractivity (Wildman–Crippen MR) is 118 cm³/mol. The molecule has 0 bridgehead atoms. The van der Waals surface area contributed by atoms with E-state index < -0.39 is 0 Å². The number of aromatic nitrogens is 4. The molecule has 0 aliphatic rings. The number of anilines is 1. The molecule has 30 heavy (non-hydrogen) atoms. The lowest BCUT2D eigenvalue weighted by Gasteiger charge is -2.18. The van der Waals surface area contributed by atoms with Crippen LogP contribution in [0.1, 0.15) is 41.6 Å². The minimum atomic E-state index is -0.188. The molecule has 0 fully saturated rings. The largest absolute Gasteiger partial charge is 0.497 e. The maximum Gasteiger partial charge on any atom is 0.280 e. The summed E-state index contributed by atoms with van der Waals surface area (Å²) in [7, 11) is 1.63. The smallest absolute Gasteiger partial charge is 0.280 e. The Morgan fingerprint density at radius 1 is 1.27 bits per heavy atom. The van der Waals surface area contributed by atoms with Crippen LogP contribution in [0.3, 0.4) is 0 Å². The third kappa shape index (κ3) is 3.91. The molecular weight excluding hydrogens is 398 g/mol. The minimum Gasteiger partial charge on any atom is -0.497 e. The molecule has 4 aromatic rings. The van der Waals surface area contributed by atoms with Crippen molar-refractivity contribution in [1.82, 2.24) is 19.7 Å². The molecular formula is C22H23N5O2S. The number of hydrogen-bond donors (Lipinski definition) is 0. The highest BCUT2D eigenvalue weighted by Crippen LogP contribution is 2.32. The van der Waals surface area contributed by atoms with Crippen molar-refractivity contribution < 1.29 is 9.53 Å². The van der Waals surface area contributed by atoms with Crippen molar-refractivity contribution >= 4 is 32.6 Å². The van der Waals surface area contributed by atoms with Gasteiger partial charge in [-0.3, -0.25) is 19.4 Å². The van der Waals surface area contributed by atoms with Crippen molar-refractivity contribution in [2.45, 2.75) is 33.4 Å². The number of amides is 1. The number of thiazole rings is 1. The van der Waals surface area contributed by atoms with E-state index in [4.69, 9.17) is 9.72 Å². The topological polar surface area (TPSA) is 73.1 Å². The molecule has 0 spiro atoms. The first-order valence-electron chi connectivity index (χ1n) is 9.67. The summed E-state index contributed by atoms with van der Waals surface area (Å²) in [4.78, 5) is 24.1. The zero-order valence-electron chi connectivity index (χ0n) is 17.4. The van der Waals surface area contributed by atoms with Gasteiger partial charge in [0.05, 0.1) is 23.9 Å². The van der Waals surface area contributed by atoms with E-state index in [1.807, 2.05) is 61.9 Å². The second-order valence-corrected chi connectivity index (χ2v) is 8.30. The number of fused-ring (bicyclic) bond motifs is 1. The highest BCUT2D eigenvalue weighted by molar-refractivity contribution is 7.22. The third-order valence-electron chi connectivity index (χ3n) is 4.75. The van der Waals surface area contributed by atoms with E-state index in [-0.39, 0.29) is 11.9 Å². The molecule has 1 aromatic carbocycles. The second-order valence-electron chi connectivity index (χ2n) is 7.29. The molecule has 154 valence electrons. The Hall–Kier alpha value is -3.26. The average molecular weight is 422 g/mol. The van der Waals surface area contributed by atoms with Crippen LogP contribution in [-0.2, 0) is 6.54 Å². The van der Waals surface area contributed by atoms with Crippen LogP contribution in [0, 0.1) is 6.92 Å². The normalized spacial score (nSPS) is 11.2. The molecule has 0 N–H and O–H groups in total. The van der Waals surface area contributed by atoms with Crippen LogP contribution in [0.2, 0.25) is 0 Å². The van der Waals surface area contributed by atoms with E-state index in [0.29, 0.717) is 17.4 Å². The highest BCUT2D eigenvalue weighted by Gasteiger charge is 2.25. The molecule has 0 atom stereocenters. The molecule has 0 saturated carbocycles. The Balaban J connectivity index is 1.76. The Morgan fingerprint density at radius 2 is 2.10 bits per heavy atom. The fourth-order valence-electron chi connectivity index (χ4n) is 3.29.